The number of imidazole rings is 1. The van der Waals surface area contributed by atoms with E-state index in [1.165, 1.54) is 0 Å². The first-order valence-electron chi connectivity index (χ1n) is 11.2. The van der Waals surface area contributed by atoms with Gasteiger partial charge in [0.15, 0.2) is 11.6 Å². The van der Waals surface area contributed by atoms with Crippen molar-refractivity contribution in [2.75, 3.05) is 18.0 Å². The van der Waals surface area contributed by atoms with Crippen molar-refractivity contribution in [3.63, 3.8) is 0 Å². The van der Waals surface area contributed by atoms with Crippen LogP contribution in [-0.4, -0.2) is 65.6 Å². The number of rotatable bonds is 6. The summed E-state index contributed by atoms with van der Waals surface area (Å²) in [6.45, 7) is 7.56. The van der Waals surface area contributed by atoms with Crippen LogP contribution in [0.15, 0.2) is 29.3 Å². The predicted molar refractivity (Wildman–Crippen MR) is 117 cm³/mol. The highest BCUT2D eigenvalue weighted by Gasteiger charge is 2.40. The van der Waals surface area contributed by atoms with Crippen LogP contribution in [0.3, 0.4) is 0 Å². The van der Waals surface area contributed by atoms with E-state index in [0.717, 1.165) is 50.4 Å². The van der Waals surface area contributed by atoms with Crippen molar-refractivity contribution in [2.45, 2.75) is 64.5 Å². The smallest absolute Gasteiger partial charge is 0.324 e. The van der Waals surface area contributed by atoms with Gasteiger partial charge in [0.1, 0.15) is 11.5 Å². The maximum absolute atomic E-state index is 13.4. The zero-order valence-electron chi connectivity index (χ0n) is 18.7. The van der Waals surface area contributed by atoms with Crippen LogP contribution < -0.4 is 4.90 Å². The molecule has 4 heterocycles. The van der Waals surface area contributed by atoms with Crippen LogP contribution in [0.25, 0.3) is 5.82 Å². The van der Waals surface area contributed by atoms with Crippen molar-refractivity contribution < 1.29 is 9.32 Å². The second-order valence-electron chi connectivity index (χ2n) is 8.86. The van der Waals surface area contributed by atoms with E-state index in [1.54, 1.807) is 18.6 Å². The van der Waals surface area contributed by atoms with E-state index in [-0.39, 0.29) is 17.9 Å². The van der Waals surface area contributed by atoms with Crippen molar-refractivity contribution in [1.29, 1.82) is 0 Å². The Bertz CT molecular complexity index is 1080. The fourth-order valence-corrected chi connectivity index (χ4v) is 4.22. The molecular weight excluding hydrogens is 408 g/mol. The third-order valence-corrected chi connectivity index (χ3v) is 6.18. The first kappa shape index (κ1) is 20.6. The molecule has 1 saturated carbocycles. The second kappa shape index (κ2) is 8.33. The molecule has 32 heavy (non-hydrogen) atoms. The highest BCUT2D eigenvalue weighted by atomic mass is 16.5. The van der Waals surface area contributed by atoms with E-state index in [0.29, 0.717) is 23.6 Å². The Morgan fingerprint density at radius 1 is 1.09 bits per heavy atom. The molecule has 0 aromatic carbocycles. The maximum Gasteiger partial charge on any atom is 0.324 e. The molecule has 168 valence electrons. The Labute approximate surface area is 186 Å². The van der Waals surface area contributed by atoms with Gasteiger partial charge in [0, 0.05) is 43.5 Å². The number of carbonyl (C=O) groups excluding carboxylic acids is 1. The first-order valence-corrected chi connectivity index (χ1v) is 11.2. The zero-order chi connectivity index (χ0) is 22.2. The summed E-state index contributed by atoms with van der Waals surface area (Å²) in [5.41, 5.74) is 0.388. The number of piperidine rings is 1. The topological polar surface area (TPSA) is 106 Å². The monoisotopic (exact) mass is 436 g/mol. The lowest BCUT2D eigenvalue weighted by Gasteiger charge is -2.38. The molecule has 0 N–H and O–H groups in total. The van der Waals surface area contributed by atoms with Crippen LogP contribution in [0.4, 0.5) is 6.01 Å². The third-order valence-electron chi connectivity index (χ3n) is 6.18. The number of nitrogens with zero attached hydrogens (tertiary/aromatic N) is 8. The lowest BCUT2D eigenvalue weighted by atomic mass is 10.0. The molecule has 1 aliphatic heterocycles. The van der Waals surface area contributed by atoms with Crippen LogP contribution in [-0.2, 0) is 0 Å². The van der Waals surface area contributed by atoms with E-state index in [4.69, 9.17) is 4.52 Å². The molecule has 0 radical (unpaired) electrons. The van der Waals surface area contributed by atoms with Gasteiger partial charge >= 0.3 is 6.01 Å². The Balaban J connectivity index is 1.27. The van der Waals surface area contributed by atoms with Gasteiger partial charge < -0.3 is 14.3 Å². The van der Waals surface area contributed by atoms with Crippen molar-refractivity contribution in [2.24, 2.45) is 0 Å². The number of hydrogen-bond acceptors (Lipinski definition) is 8. The number of aryl methyl sites for hydroxylation is 1. The molecule has 1 saturated heterocycles. The van der Waals surface area contributed by atoms with Gasteiger partial charge in [-0.15, -0.1) is 0 Å². The highest BCUT2D eigenvalue weighted by molar-refractivity contribution is 5.92. The summed E-state index contributed by atoms with van der Waals surface area (Å²) in [4.78, 5) is 35.1. The van der Waals surface area contributed by atoms with Crippen molar-refractivity contribution in [3.8, 4) is 5.82 Å². The van der Waals surface area contributed by atoms with Crippen LogP contribution in [0.5, 0.6) is 0 Å². The zero-order valence-corrected chi connectivity index (χ0v) is 18.7. The van der Waals surface area contributed by atoms with Gasteiger partial charge in [-0.05, 0) is 32.6 Å². The largest absolute Gasteiger partial charge is 0.331 e. The molecular formula is C22H28N8O2. The number of amides is 1. The Morgan fingerprint density at radius 3 is 2.41 bits per heavy atom. The van der Waals surface area contributed by atoms with Crippen LogP contribution in [0, 0.1) is 6.92 Å². The molecule has 2 fully saturated rings. The molecule has 10 nitrogen and oxygen atoms in total. The summed E-state index contributed by atoms with van der Waals surface area (Å²) < 4.78 is 7.29. The standard InChI is InChI=1S/C22H28N8O2/c1-14(2)20-26-22(32-27-20)28-9-6-17(7-10-28)30(16-4-5-16)21(31)18-12-25-19(13-24-18)29-11-8-23-15(29)3/h8,11-14,16-17H,4-7,9-10H2,1-3H3. The fraction of sp³-hybridized carbons (Fsp3) is 0.545. The SMILES string of the molecule is Cc1nccn1-c1cnc(C(=O)N(C2CC2)C2CCN(c3nc(C(C)C)no3)CC2)cn1. The molecule has 1 amide bonds. The molecule has 0 spiro atoms. The minimum Gasteiger partial charge on any atom is -0.331 e. The Morgan fingerprint density at radius 2 is 1.84 bits per heavy atom. The van der Waals surface area contributed by atoms with E-state index in [2.05, 4.69) is 30.0 Å². The van der Waals surface area contributed by atoms with Gasteiger partial charge in [-0.25, -0.2) is 15.0 Å². The highest BCUT2D eigenvalue weighted by Crippen LogP contribution is 2.33. The molecule has 5 rings (SSSR count). The van der Waals surface area contributed by atoms with Gasteiger partial charge in [-0.2, -0.15) is 4.98 Å². The third kappa shape index (κ3) is 3.96. The van der Waals surface area contributed by atoms with Crippen LogP contribution >= 0.6 is 0 Å². The summed E-state index contributed by atoms with van der Waals surface area (Å²) >= 11 is 0. The molecule has 1 aliphatic carbocycles. The average Bonchev–Trinajstić information content (AvgIpc) is 3.32. The van der Waals surface area contributed by atoms with E-state index >= 15 is 0 Å². The summed E-state index contributed by atoms with van der Waals surface area (Å²) in [5.74, 6) is 2.41. The lowest BCUT2D eigenvalue weighted by molar-refractivity contribution is 0.0623. The van der Waals surface area contributed by atoms with Crippen LogP contribution in [0.2, 0.25) is 0 Å². The quantitative estimate of drug-likeness (QED) is 0.581. The Hall–Kier alpha value is -3.30. The van der Waals surface area contributed by atoms with E-state index in [9.17, 15) is 4.79 Å². The van der Waals surface area contributed by atoms with Crippen LogP contribution in [0.1, 0.15) is 67.6 Å². The number of aromatic nitrogens is 6. The predicted octanol–water partition coefficient (Wildman–Crippen LogP) is 2.75. The summed E-state index contributed by atoms with van der Waals surface area (Å²) in [7, 11) is 0. The minimum absolute atomic E-state index is 0.0350. The molecule has 10 heteroatoms. The number of anilines is 1. The summed E-state index contributed by atoms with van der Waals surface area (Å²) in [6.07, 6.45) is 10.6. The lowest BCUT2D eigenvalue weighted by Crippen LogP contribution is -2.48. The minimum atomic E-state index is -0.0350. The molecule has 3 aromatic rings. The van der Waals surface area contributed by atoms with Gasteiger partial charge in [0.05, 0.1) is 12.4 Å². The van der Waals surface area contributed by atoms with E-state index in [1.807, 2.05) is 36.4 Å². The molecule has 0 atom stereocenters. The second-order valence-corrected chi connectivity index (χ2v) is 8.86. The van der Waals surface area contributed by atoms with Crippen molar-refractivity contribution in [1.82, 2.24) is 34.6 Å². The molecule has 0 unspecified atom stereocenters. The number of carbonyl (C=O) groups is 1. The normalized spacial score (nSPS) is 17.2. The molecule has 0 bridgehead atoms. The van der Waals surface area contributed by atoms with Crippen molar-refractivity contribution in [3.05, 3.63) is 42.1 Å². The first-order chi connectivity index (χ1) is 15.5. The van der Waals surface area contributed by atoms with Gasteiger partial charge in [0.25, 0.3) is 5.91 Å². The van der Waals surface area contributed by atoms with Gasteiger partial charge in [-0.3, -0.25) is 9.36 Å². The molecule has 2 aliphatic rings. The molecule has 3 aromatic heterocycles. The summed E-state index contributed by atoms with van der Waals surface area (Å²) in [6, 6.07) is 1.05. The van der Waals surface area contributed by atoms with Crippen molar-refractivity contribution >= 4 is 11.9 Å². The maximum atomic E-state index is 13.4. The average molecular weight is 437 g/mol. The Kier molecular flexibility index (Phi) is 5.36. The van der Waals surface area contributed by atoms with Gasteiger partial charge in [-0.1, -0.05) is 19.0 Å². The summed E-state index contributed by atoms with van der Waals surface area (Å²) in [5, 5.41) is 4.07. The van der Waals surface area contributed by atoms with Gasteiger partial charge in [0.2, 0.25) is 0 Å². The van der Waals surface area contributed by atoms with E-state index < -0.39 is 0 Å². The number of hydrogen-bond donors (Lipinski definition) is 0. The fourth-order valence-electron chi connectivity index (χ4n) is 4.22.